The first kappa shape index (κ1) is 20.1. The lowest BCUT2D eigenvalue weighted by atomic mass is 10.1. The minimum absolute atomic E-state index is 0.216. The van der Waals surface area contributed by atoms with Gasteiger partial charge in [0.2, 0.25) is 0 Å². The summed E-state index contributed by atoms with van der Waals surface area (Å²) >= 11 is 0. The molecule has 0 spiro atoms. The Bertz CT molecular complexity index is 1170. The summed E-state index contributed by atoms with van der Waals surface area (Å²) in [5, 5.41) is 13.1. The number of carbonyl (C=O) groups is 1. The van der Waals surface area contributed by atoms with Crippen molar-refractivity contribution in [2.24, 2.45) is 0 Å². The van der Waals surface area contributed by atoms with E-state index in [1.54, 1.807) is 18.2 Å². The summed E-state index contributed by atoms with van der Waals surface area (Å²) in [5.74, 6) is 2.34. The molecular formula is C23H22N6O2. The summed E-state index contributed by atoms with van der Waals surface area (Å²) < 4.78 is 5.29. The average molecular weight is 414 g/mol. The van der Waals surface area contributed by atoms with Gasteiger partial charge in [-0.15, -0.1) is 0 Å². The first-order valence-corrected chi connectivity index (χ1v) is 9.91. The molecule has 0 bridgehead atoms. The molecule has 2 aromatic carbocycles. The number of carbonyl (C=O) groups excluding carboxylic acids is 1. The van der Waals surface area contributed by atoms with Crippen LogP contribution in [0.15, 0.2) is 71.3 Å². The smallest absolute Gasteiger partial charge is 0.277 e. The van der Waals surface area contributed by atoms with E-state index in [1.165, 1.54) is 0 Å². The third kappa shape index (κ3) is 5.05. The van der Waals surface area contributed by atoms with Crippen molar-refractivity contribution in [2.75, 3.05) is 22.5 Å². The number of amides is 1. The molecule has 2 aromatic heterocycles. The van der Waals surface area contributed by atoms with Gasteiger partial charge < -0.3 is 20.5 Å². The zero-order valence-corrected chi connectivity index (χ0v) is 17.2. The zero-order chi connectivity index (χ0) is 21.6. The molecule has 0 aliphatic carbocycles. The third-order valence-corrected chi connectivity index (χ3v) is 4.41. The van der Waals surface area contributed by atoms with Crippen molar-refractivity contribution in [2.45, 2.75) is 13.8 Å². The number of aryl methyl sites for hydroxylation is 1. The number of aromatic nitrogens is 3. The minimum atomic E-state index is -0.339. The van der Waals surface area contributed by atoms with Crippen molar-refractivity contribution in [1.29, 1.82) is 0 Å². The highest BCUT2D eigenvalue weighted by molar-refractivity contribution is 6.03. The summed E-state index contributed by atoms with van der Waals surface area (Å²) in [6.07, 6.45) is 0. The molecule has 4 rings (SSSR count). The van der Waals surface area contributed by atoms with Crippen LogP contribution in [0.5, 0.6) is 0 Å². The van der Waals surface area contributed by atoms with Crippen molar-refractivity contribution in [3.63, 3.8) is 0 Å². The summed E-state index contributed by atoms with van der Waals surface area (Å²) in [7, 11) is 0. The second kappa shape index (κ2) is 9.08. The van der Waals surface area contributed by atoms with Gasteiger partial charge in [0.1, 0.15) is 17.5 Å². The van der Waals surface area contributed by atoms with Gasteiger partial charge in [-0.05, 0) is 38.1 Å². The molecule has 0 saturated carbocycles. The number of benzene rings is 2. The molecule has 0 aliphatic rings. The van der Waals surface area contributed by atoms with E-state index in [9.17, 15) is 4.79 Å². The Morgan fingerprint density at radius 3 is 2.39 bits per heavy atom. The van der Waals surface area contributed by atoms with Crippen LogP contribution < -0.4 is 16.0 Å². The highest BCUT2D eigenvalue weighted by Crippen LogP contribution is 2.22. The molecule has 0 atom stereocenters. The van der Waals surface area contributed by atoms with E-state index in [0.717, 1.165) is 23.6 Å². The number of nitrogens with zero attached hydrogens (tertiary/aromatic N) is 3. The molecule has 2 heterocycles. The summed E-state index contributed by atoms with van der Waals surface area (Å²) in [4.78, 5) is 21.2. The fourth-order valence-electron chi connectivity index (χ4n) is 3.00. The fourth-order valence-corrected chi connectivity index (χ4v) is 3.00. The zero-order valence-electron chi connectivity index (χ0n) is 17.2. The molecule has 156 valence electrons. The average Bonchev–Trinajstić information content (AvgIpc) is 3.26. The number of hydrogen-bond acceptors (Lipinski definition) is 7. The minimum Gasteiger partial charge on any atom is -0.370 e. The maximum atomic E-state index is 12.5. The van der Waals surface area contributed by atoms with Crippen LogP contribution >= 0.6 is 0 Å². The highest BCUT2D eigenvalue weighted by atomic mass is 16.5. The van der Waals surface area contributed by atoms with E-state index < -0.39 is 0 Å². The molecule has 31 heavy (non-hydrogen) atoms. The van der Waals surface area contributed by atoms with E-state index >= 15 is 0 Å². The van der Waals surface area contributed by atoms with Crippen molar-refractivity contribution in [3.8, 4) is 11.3 Å². The molecule has 0 aliphatic heterocycles. The molecular weight excluding hydrogens is 392 g/mol. The summed E-state index contributed by atoms with van der Waals surface area (Å²) in [6, 6.07) is 20.3. The van der Waals surface area contributed by atoms with Gasteiger partial charge in [0, 0.05) is 35.6 Å². The number of hydrogen-bond donors (Lipinski definition) is 3. The van der Waals surface area contributed by atoms with Gasteiger partial charge in [0.15, 0.2) is 11.5 Å². The molecule has 0 fully saturated rings. The molecule has 8 nitrogen and oxygen atoms in total. The van der Waals surface area contributed by atoms with Crippen molar-refractivity contribution in [1.82, 2.24) is 15.1 Å². The summed E-state index contributed by atoms with van der Waals surface area (Å²) in [6.45, 7) is 4.64. The van der Waals surface area contributed by atoms with Crippen LogP contribution in [-0.4, -0.2) is 27.6 Å². The topological polar surface area (TPSA) is 105 Å². The van der Waals surface area contributed by atoms with E-state index in [4.69, 9.17) is 4.52 Å². The van der Waals surface area contributed by atoms with Crippen molar-refractivity contribution >= 4 is 28.9 Å². The summed E-state index contributed by atoms with van der Waals surface area (Å²) in [5.41, 5.74) is 2.56. The lowest BCUT2D eigenvalue weighted by Crippen LogP contribution is -2.12. The molecule has 0 saturated heterocycles. The Hall–Kier alpha value is -4.20. The van der Waals surface area contributed by atoms with Crippen LogP contribution in [0.25, 0.3) is 11.3 Å². The van der Waals surface area contributed by atoms with E-state index in [2.05, 4.69) is 31.1 Å². The molecule has 3 N–H and O–H groups in total. The standard InChI is InChI=1S/C23H22N6O2/c1-3-24-21-14-22(26-15(2)25-21)27-17-9-11-18(12-10-17)28-23(30)19-13-20(31-29-19)16-7-5-4-6-8-16/h4-14H,3H2,1-2H3,(H,28,30)(H2,24,25,26,27). The van der Waals surface area contributed by atoms with Crippen LogP contribution in [0.4, 0.5) is 23.0 Å². The van der Waals surface area contributed by atoms with Gasteiger partial charge in [-0.1, -0.05) is 35.5 Å². The van der Waals surface area contributed by atoms with Crippen LogP contribution in [0.1, 0.15) is 23.2 Å². The van der Waals surface area contributed by atoms with Crippen molar-refractivity contribution < 1.29 is 9.32 Å². The number of rotatable bonds is 7. The Morgan fingerprint density at radius 2 is 1.65 bits per heavy atom. The largest absolute Gasteiger partial charge is 0.370 e. The fraction of sp³-hybridized carbons (Fsp3) is 0.130. The third-order valence-electron chi connectivity index (χ3n) is 4.41. The number of anilines is 4. The predicted octanol–water partition coefficient (Wildman–Crippen LogP) is 4.87. The second-order valence-corrected chi connectivity index (χ2v) is 6.81. The normalized spacial score (nSPS) is 10.5. The lowest BCUT2D eigenvalue weighted by molar-refractivity contribution is 0.101. The van der Waals surface area contributed by atoms with Crippen LogP contribution in [0.3, 0.4) is 0 Å². The van der Waals surface area contributed by atoms with Gasteiger partial charge in [-0.3, -0.25) is 4.79 Å². The van der Waals surface area contributed by atoms with Gasteiger partial charge in [-0.2, -0.15) is 0 Å². The molecule has 4 aromatic rings. The Morgan fingerprint density at radius 1 is 0.935 bits per heavy atom. The predicted molar refractivity (Wildman–Crippen MR) is 121 cm³/mol. The van der Waals surface area contributed by atoms with E-state index in [1.807, 2.05) is 62.4 Å². The first-order chi connectivity index (χ1) is 15.1. The van der Waals surface area contributed by atoms with E-state index in [0.29, 0.717) is 23.1 Å². The van der Waals surface area contributed by atoms with Gasteiger partial charge in [0.25, 0.3) is 5.91 Å². The van der Waals surface area contributed by atoms with E-state index in [-0.39, 0.29) is 11.6 Å². The van der Waals surface area contributed by atoms with Crippen molar-refractivity contribution in [3.05, 3.63) is 78.2 Å². The molecule has 8 heteroatoms. The second-order valence-electron chi connectivity index (χ2n) is 6.81. The monoisotopic (exact) mass is 414 g/mol. The Balaban J connectivity index is 1.41. The van der Waals surface area contributed by atoms with Crippen LogP contribution in [0.2, 0.25) is 0 Å². The van der Waals surface area contributed by atoms with Crippen LogP contribution in [-0.2, 0) is 0 Å². The Labute approximate surface area is 179 Å². The van der Waals surface area contributed by atoms with Gasteiger partial charge >= 0.3 is 0 Å². The highest BCUT2D eigenvalue weighted by Gasteiger charge is 2.14. The quantitative estimate of drug-likeness (QED) is 0.396. The molecule has 1 amide bonds. The van der Waals surface area contributed by atoms with Crippen LogP contribution in [0, 0.1) is 6.92 Å². The maximum absolute atomic E-state index is 12.5. The van der Waals surface area contributed by atoms with Gasteiger partial charge in [-0.25, -0.2) is 9.97 Å². The maximum Gasteiger partial charge on any atom is 0.277 e. The Kier molecular flexibility index (Phi) is 5.89. The SMILES string of the molecule is CCNc1cc(Nc2ccc(NC(=O)c3cc(-c4ccccc4)on3)cc2)nc(C)n1. The molecule has 0 radical (unpaired) electrons. The lowest BCUT2D eigenvalue weighted by Gasteiger charge is -2.10. The molecule has 0 unspecified atom stereocenters. The number of nitrogens with one attached hydrogen (secondary N) is 3. The van der Waals surface area contributed by atoms with Gasteiger partial charge in [0.05, 0.1) is 0 Å². The first-order valence-electron chi connectivity index (χ1n) is 9.91.